The van der Waals surface area contributed by atoms with Crippen LogP contribution in [0.1, 0.15) is 49.1 Å². The molecule has 0 saturated heterocycles. The number of hydrogen-bond donors (Lipinski definition) is 1. The van der Waals surface area contributed by atoms with Crippen molar-refractivity contribution in [1.29, 1.82) is 0 Å². The summed E-state index contributed by atoms with van der Waals surface area (Å²) in [6.07, 6.45) is 12.3. The number of halogens is 1. The third kappa shape index (κ3) is 1.97. The molecule has 5 aliphatic rings. The van der Waals surface area contributed by atoms with Gasteiger partial charge in [0.15, 0.2) is 5.65 Å². The maximum absolute atomic E-state index is 10.5. The molecule has 4 bridgehead atoms. The number of nitrogens with zero attached hydrogens (tertiary/aromatic N) is 2. The minimum Gasteiger partial charge on any atom is -0.558 e. The minimum atomic E-state index is 0.373. The van der Waals surface area contributed by atoms with E-state index < -0.39 is 0 Å². The summed E-state index contributed by atoms with van der Waals surface area (Å²) in [6.45, 7) is 0. The first-order valence-electron chi connectivity index (χ1n) is 9.33. The predicted molar refractivity (Wildman–Crippen MR) is 102 cm³/mol. The zero-order chi connectivity index (χ0) is 16.8. The molecule has 1 aliphatic heterocycles. The SMILES string of the molecule is On1cc([C@@H]2[C@@H]3C[C@@H]4C[C@H]2C[C@@](Br)(C4)C3)c2c3c(cnc21)OBC=C3. The summed E-state index contributed by atoms with van der Waals surface area (Å²) in [5.74, 6) is 5.71. The molecule has 7 rings (SSSR count). The lowest BCUT2D eigenvalue weighted by molar-refractivity contribution is 0.0173. The van der Waals surface area contributed by atoms with Gasteiger partial charge in [-0.25, -0.2) is 4.98 Å². The molecule has 6 heteroatoms. The van der Waals surface area contributed by atoms with Crippen molar-refractivity contribution < 1.29 is 9.86 Å². The molecule has 4 fully saturated rings. The summed E-state index contributed by atoms with van der Waals surface area (Å²) < 4.78 is 7.37. The van der Waals surface area contributed by atoms with Crippen molar-refractivity contribution in [2.75, 3.05) is 0 Å². The molecule has 2 aromatic rings. The Bertz CT molecular complexity index is 908. The van der Waals surface area contributed by atoms with Gasteiger partial charge in [0.1, 0.15) is 5.75 Å². The second kappa shape index (κ2) is 4.84. The first-order valence-corrected chi connectivity index (χ1v) is 10.1. The van der Waals surface area contributed by atoms with Gasteiger partial charge in [-0.1, -0.05) is 28.0 Å². The molecule has 0 aromatic carbocycles. The summed E-state index contributed by atoms with van der Waals surface area (Å²) in [4.78, 5) is 4.49. The highest BCUT2D eigenvalue weighted by Gasteiger charge is 2.55. The van der Waals surface area contributed by atoms with E-state index in [0.717, 1.165) is 22.6 Å². The lowest BCUT2D eigenvalue weighted by atomic mass is 9.50. The zero-order valence-corrected chi connectivity index (χ0v) is 15.6. The fourth-order valence-electron chi connectivity index (χ4n) is 6.48. The predicted octanol–water partition coefficient (Wildman–Crippen LogP) is 4.05. The van der Waals surface area contributed by atoms with Crippen LogP contribution in [0.2, 0.25) is 0 Å². The Morgan fingerprint density at radius 2 is 2.08 bits per heavy atom. The molecule has 1 N–H and O–H groups in total. The average Bonchev–Trinajstić information content (AvgIpc) is 2.90. The van der Waals surface area contributed by atoms with Crippen molar-refractivity contribution >= 4 is 40.5 Å². The Labute approximate surface area is 155 Å². The molecule has 5 atom stereocenters. The standard InChI is InChI=1S/C19H20BBrN2O2/c21-19-5-10-3-11(6-19)16(12(4-10)7-19)14-9-23(24)18-17(14)13-1-2-20-25-15(13)8-22-18/h1-2,8-12,16,20,24H,3-7H2/t10-,11-,12+,16-,19-. The quantitative estimate of drug-likeness (QED) is 0.447. The average molecular weight is 399 g/mol. The Kier molecular flexibility index (Phi) is 2.85. The zero-order valence-electron chi connectivity index (χ0n) is 14.0. The van der Waals surface area contributed by atoms with Gasteiger partial charge in [0.25, 0.3) is 0 Å². The molecule has 0 amide bonds. The van der Waals surface area contributed by atoms with Crippen LogP contribution in [0.25, 0.3) is 17.1 Å². The highest BCUT2D eigenvalue weighted by atomic mass is 79.9. The molecule has 4 aliphatic carbocycles. The topological polar surface area (TPSA) is 47.3 Å². The third-order valence-electron chi connectivity index (χ3n) is 7.01. The molecular formula is C19H20BBrN2O2. The van der Waals surface area contributed by atoms with Gasteiger partial charge in [0.05, 0.1) is 6.20 Å². The summed E-state index contributed by atoms with van der Waals surface area (Å²) in [7, 11) is 0.595. The number of alkyl halides is 1. The van der Waals surface area contributed by atoms with E-state index in [-0.39, 0.29) is 0 Å². The summed E-state index contributed by atoms with van der Waals surface area (Å²) in [6, 6.07) is 0. The van der Waals surface area contributed by atoms with Crippen LogP contribution < -0.4 is 4.65 Å². The first-order chi connectivity index (χ1) is 12.1. The van der Waals surface area contributed by atoms with Crippen molar-refractivity contribution in [3.05, 3.63) is 29.5 Å². The van der Waals surface area contributed by atoms with Gasteiger partial charge in [0.2, 0.25) is 0 Å². The molecule has 0 spiro atoms. The Balaban J connectivity index is 1.55. The molecule has 3 heterocycles. The van der Waals surface area contributed by atoms with E-state index in [1.807, 2.05) is 12.2 Å². The number of fused-ring (bicyclic) bond motifs is 3. The highest BCUT2D eigenvalue weighted by Crippen LogP contribution is 2.64. The second-order valence-corrected chi connectivity index (χ2v) is 10.2. The van der Waals surface area contributed by atoms with E-state index in [0.29, 0.717) is 35.2 Å². The van der Waals surface area contributed by atoms with Crippen LogP contribution >= 0.6 is 15.9 Å². The van der Waals surface area contributed by atoms with Crippen LogP contribution in [0.5, 0.6) is 5.75 Å². The van der Waals surface area contributed by atoms with Crippen molar-refractivity contribution in [3.63, 3.8) is 0 Å². The van der Waals surface area contributed by atoms with Crippen LogP contribution in [0.15, 0.2) is 18.4 Å². The van der Waals surface area contributed by atoms with Gasteiger partial charge < -0.3 is 9.86 Å². The molecule has 25 heavy (non-hydrogen) atoms. The fourth-order valence-corrected chi connectivity index (χ4v) is 7.77. The molecule has 4 nitrogen and oxygen atoms in total. The van der Waals surface area contributed by atoms with Gasteiger partial charge in [0, 0.05) is 21.5 Å². The van der Waals surface area contributed by atoms with Crippen LogP contribution in [0, 0.1) is 17.8 Å². The monoisotopic (exact) mass is 398 g/mol. The van der Waals surface area contributed by atoms with E-state index >= 15 is 0 Å². The Morgan fingerprint density at radius 3 is 2.84 bits per heavy atom. The van der Waals surface area contributed by atoms with Crippen molar-refractivity contribution in [2.45, 2.75) is 42.3 Å². The maximum Gasteiger partial charge on any atom is 0.366 e. The first kappa shape index (κ1) is 14.7. The Hall–Kier alpha value is -1.43. The normalized spacial score (nSPS) is 37.8. The third-order valence-corrected chi connectivity index (χ3v) is 7.98. The van der Waals surface area contributed by atoms with E-state index in [2.05, 4.69) is 27.0 Å². The number of aromatic nitrogens is 2. The maximum atomic E-state index is 10.5. The van der Waals surface area contributed by atoms with Gasteiger partial charge >= 0.3 is 7.48 Å². The summed E-state index contributed by atoms with van der Waals surface area (Å²) in [5.41, 5.74) is 3.02. The molecule has 2 aromatic heterocycles. The van der Waals surface area contributed by atoms with Crippen LogP contribution in [-0.2, 0) is 0 Å². The van der Waals surface area contributed by atoms with E-state index in [9.17, 15) is 5.21 Å². The van der Waals surface area contributed by atoms with Crippen molar-refractivity contribution in [2.24, 2.45) is 17.8 Å². The van der Waals surface area contributed by atoms with Crippen molar-refractivity contribution in [3.8, 4) is 5.75 Å². The van der Waals surface area contributed by atoms with Crippen LogP contribution in [0.3, 0.4) is 0 Å². The fraction of sp³-hybridized carbons (Fsp3) is 0.526. The van der Waals surface area contributed by atoms with E-state index in [1.54, 1.807) is 6.20 Å². The molecule has 4 saturated carbocycles. The summed E-state index contributed by atoms with van der Waals surface area (Å²) in [5, 5.41) is 11.6. The van der Waals surface area contributed by atoms with E-state index in [4.69, 9.17) is 4.65 Å². The molecule has 0 unspecified atom stereocenters. The van der Waals surface area contributed by atoms with Crippen molar-refractivity contribution in [1.82, 2.24) is 9.71 Å². The van der Waals surface area contributed by atoms with Gasteiger partial charge in [-0.2, -0.15) is 4.73 Å². The Morgan fingerprint density at radius 1 is 1.28 bits per heavy atom. The minimum absolute atomic E-state index is 0.373. The number of pyridine rings is 1. The molecule has 0 radical (unpaired) electrons. The van der Waals surface area contributed by atoms with E-state index in [1.165, 1.54) is 42.4 Å². The van der Waals surface area contributed by atoms with Gasteiger partial charge in [-0.3, -0.25) is 0 Å². The number of hydrogen-bond acceptors (Lipinski definition) is 3. The van der Waals surface area contributed by atoms with Crippen LogP contribution in [0.4, 0.5) is 0 Å². The lowest BCUT2D eigenvalue weighted by Crippen LogP contribution is -2.50. The largest absolute Gasteiger partial charge is 0.558 e. The molecule has 128 valence electrons. The summed E-state index contributed by atoms with van der Waals surface area (Å²) >= 11 is 4.07. The van der Waals surface area contributed by atoms with Crippen LogP contribution in [-0.4, -0.2) is 26.7 Å². The van der Waals surface area contributed by atoms with Gasteiger partial charge in [-0.15, -0.1) is 0 Å². The number of rotatable bonds is 1. The smallest absolute Gasteiger partial charge is 0.366 e. The van der Waals surface area contributed by atoms with Gasteiger partial charge in [-0.05, 0) is 61.3 Å². The second-order valence-electron chi connectivity index (χ2n) is 8.52. The lowest BCUT2D eigenvalue weighted by Gasteiger charge is -2.58. The molecular weight excluding hydrogens is 379 g/mol. The highest BCUT2D eigenvalue weighted by molar-refractivity contribution is 9.10.